The molecule has 0 aromatic heterocycles. The molecule has 0 aliphatic carbocycles. The molecular weight excluding hydrogens is 234 g/mol. The van der Waals surface area contributed by atoms with E-state index in [1.54, 1.807) is 0 Å². The van der Waals surface area contributed by atoms with Gasteiger partial charge in [0.2, 0.25) is 0 Å². The summed E-state index contributed by atoms with van der Waals surface area (Å²) in [5.74, 6) is 0. The minimum absolute atomic E-state index is 0.797. The average molecular weight is 265 g/mol. The number of nitrogens with zero attached hydrogens (tertiary/aromatic N) is 2. The van der Waals surface area contributed by atoms with E-state index in [9.17, 15) is 0 Å². The Bertz CT molecular complexity index is 273. The zero-order valence-corrected chi connectivity index (χ0v) is 12.6. The molecule has 3 saturated heterocycles. The maximum Gasteiger partial charge on any atom is 0.0111 e. The van der Waals surface area contributed by atoms with Crippen LogP contribution in [0.1, 0.15) is 51.9 Å². The lowest BCUT2D eigenvalue weighted by molar-refractivity contribution is 0.141. The molecule has 0 saturated carbocycles. The molecule has 0 radical (unpaired) electrons. The van der Waals surface area contributed by atoms with E-state index in [4.69, 9.17) is 0 Å². The molecule has 110 valence electrons. The molecule has 0 unspecified atom stereocenters. The highest BCUT2D eigenvalue weighted by molar-refractivity contribution is 4.91. The Labute approximate surface area is 118 Å². The van der Waals surface area contributed by atoms with E-state index >= 15 is 0 Å². The predicted molar refractivity (Wildman–Crippen MR) is 80.5 cm³/mol. The van der Waals surface area contributed by atoms with Crippen LogP contribution < -0.4 is 5.32 Å². The summed E-state index contributed by atoms with van der Waals surface area (Å²) >= 11 is 0. The van der Waals surface area contributed by atoms with Crippen LogP contribution in [0, 0.1) is 0 Å². The van der Waals surface area contributed by atoms with Crippen LogP contribution in [0.4, 0.5) is 0 Å². The maximum absolute atomic E-state index is 3.98. The van der Waals surface area contributed by atoms with Crippen molar-refractivity contribution in [2.24, 2.45) is 0 Å². The maximum atomic E-state index is 3.98. The van der Waals surface area contributed by atoms with Crippen molar-refractivity contribution in [1.29, 1.82) is 0 Å². The number of nitrogens with one attached hydrogen (secondary N) is 1. The molecule has 3 aliphatic heterocycles. The fraction of sp³-hybridized carbons (Fsp3) is 1.00. The van der Waals surface area contributed by atoms with E-state index in [0.717, 1.165) is 18.1 Å². The molecule has 3 nitrogen and oxygen atoms in total. The van der Waals surface area contributed by atoms with Gasteiger partial charge in [-0.25, -0.2) is 0 Å². The third-order valence-electron chi connectivity index (χ3n) is 5.42. The largest absolute Gasteiger partial charge is 0.311 e. The lowest BCUT2D eigenvalue weighted by Gasteiger charge is -2.39. The van der Waals surface area contributed by atoms with E-state index in [1.807, 2.05) is 0 Å². The van der Waals surface area contributed by atoms with Gasteiger partial charge in [-0.2, -0.15) is 0 Å². The van der Waals surface area contributed by atoms with Gasteiger partial charge in [0.15, 0.2) is 0 Å². The number of likely N-dealkylation sites (tertiary alicyclic amines) is 1. The second kappa shape index (κ2) is 6.55. The van der Waals surface area contributed by atoms with Crippen molar-refractivity contribution in [2.75, 3.05) is 32.7 Å². The molecule has 1 N–H and O–H groups in total. The zero-order valence-electron chi connectivity index (χ0n) is 12.6. The first kappa shape index (κ1) is 13.8. The quantitative estimate of drug-likeness (QED) is 0.839. The summed E-state index contributed by atoms with van der Waals surface area (Å²) in [5, 5.41) is 3.98. The summed E-state index contributed by atoms with van der Waals surface area (Å²) in [5.41, 5.74) is 0. The lowest BCUT2D eigenvalue weighted by atomic mass is 9.95. The number of fused-ring (bicyclic) bond motifs is 1. The normalized spacial score (nSPS) is 34.6. The summed E-state index contributed by atoms with van der Waals surface area (Å²) in [6.07, 6.45) is 9.72. The number of rotatable bonds is 4. The second-order valence-corrected chi connectivity index (χ2v) is 6.84. The van der Waals surface area contributed by atoms with Crippen LogP contribution >= 0.6 is 0 Å². The molecule has 19 heavy (non-hydrogen) atoms. The summed E-state index contributed by atoms with van der Waals surface area (Å²) in [6, 6.07) is 2.51. The van der Waals surface area contributed by atoms with Gasteiger partial charge in [0.05, 0.1) is 0 Å². The Morgan fingerprint density at radius 1 is 0.947 bits per heavy atom. The molecule has 0 amide bonds. The SMILES string of the molecule is CCCN1CCC(N[C@@H]2CCN3CCC[C@@H]3C2)CC1. The number of piperidine rings is 2. The van der Waals surface area contributed by atoms with Gasteiger partial charge in [-0.3, -0.25) is 0 Å². The first-order valence-corrected chi connectivity index (χ1v) is 8.57. The molecule has 3 aliphatic rings. The van der Waals surface area contributed by atoms with E-state index in [1.165, 1.54) is 77.7 Å². The summed E-state index contributed by atoms with van der Waals surface area (Å²) < 4.78 is 0. The van der Waals surface area contributed by atoms with Gasteiger partial charge in [-0.1, -0.05) is 6.92 Å². The van der Waals surface area contributed by atoms with Gasteiger partial charge in [0.25, 0.3) is 0 Å². The summed E-state index contributed by atoms with van der Waals surface area (Å²) in [6.45, 7) is 8.93. The molecule has 2 atom stereocenters. The second-order valence-electron chi connectivity index (χ2n) is 6.84. The van der Waals surface area contributed by atoms with Gasteiger partial charge in [0, 0.05) is 18.1 Å². The Morgan fingerprint density at radius 3 is 2.53 bits per heavy atom. The summed E-state index contributed by atoms with van der Waals surface area (Å²) in [4.78, 5) is 5.36. The average Bonchev–Trinajstić information content (AvgIpc) is 2.89. The monoisotopic (exact) mass is 265 g/mol. The molecule has 0 aromatic rings. The van der Waals surface area contributed by atoms with Crippen molar-refractivity contribution in [3.8, 4) is 0 Å². The van der Waals surface area contributed by atoms with Crippen LogP contribution in [0.25, 0.3) is 0 Å². The molecule has 0 bridgehead atoms. The van der Waals surface area contributed by atoms with Gasteiger partial charge < -0.3 is 15.1 Å². The highest BCUT2D eigenvalue weighted by Crippen LogP contribution is 2.27. The van der Waals surface area contributed by atoms with Gasteiger partial charge >= 0.3 is 0 Å². The van der Waals surface area contributed by atoms with Crippen LogP contribution in [0.15, 0.2) is 0 Å². The smallest absolute Gasteiger partial charge is 0.0111 e. The highest BCUT2D eigenvalue weighted by atomic mass is 15.2. The number of hydrogen-bond donors (Lipinski definition) is 1. The van der Waals surface area contributed by atoms with E-state index in [-0.39, 0.29) is 0 Å². The van der Waals surface area contributed by atoms with E-state index < -0.39 is 0 Å². The predicted octanol–water partition coefficient (Wildman–Crippen LogP) is 2.08. The van der Waals surface area contributed by atoms with Crippen LogP contribution in [0.3, 0.4) is 0 Å². The molecule has 3 rings (SSSR count). The first-order chi connectivity index (χ1) is 9.35. The fourth-order valence-electron chi connectivity index (χ4n) is 4.35. The van der Waals surface area contributed by atoms with Crippen molar-refractivity contribution in [1.82, 2.24) is 15.1 Å². The van der Waals surface area contributed by atoms with E-state index in [0.29, 0.717) is 0 Å². The molecule has 3 fully saturated rings. The highest BCUT2D eigenvalue weighted by Gasteiger charge is 2.32. The molecule has 0 aromatic carbocycles. The molecule has 0 spiro atoms. The van der Waals surface area contributed by atoms with Crippen molar-refractivity contribution >= 4 is 0 Å². The third-order valence-corrected chi connectivity index (χ3v) is 5.42. The van der Waals surface area contributed by atoms with Crippen LogP contribution in [0.5, 0.6) is 0 Å². The van der Waals surface area contributed by atoms with Crippen molar-refractivity contribution in [3.05, 3.63) is 0 Å². The fourth-order valence-corrected chi connectivity index (χ4v) is 4.35. The third kappa shape index (κ3) is 3.50. The van der Waals surface area contributed by atoms with E-state index in [2.05, 4.69) is 22.0 Å². The van der Waals surface area contributed by atoms with Crippen LogP contribution in [-0.2, 0) is 0 Å². The minimum atomic E-state index is 0.797. The van der Waals surface area contributed by atoms with Crippen LogP contribution in [-0.4, -0.2) is 60.6 Å². The summed E-state index contributed by atoms with van der Waals surface area (Å²) in [7, 11) is 0. The Kier molecular flexibility index (Phi) is 4.78. The van der Waals surface area contributed by atoms with Gasteiger partial charge in [0.1, 0.15) is 0 Å². The molecule has 3 heterocycles. The first-order valence-electron chi connectivity index (χ1n) is 8.57. The number of hydrogen-bond acceptors (Lipinski definition) is 3. The topological polar surface area (TPSA) is 18.5 Å². The van der Waals surface area contributed by atoms with Gasteiger partial charge in [-0.15, -0.1) is 0 Å². The Morgan fingerprint density at radius 2 is 1.74 bits per heavy atom. The van der Waals surface area contributed by atoms with Crippen LogP contribution in [0.2, 0.25) is 0 Å². The molecular formula is C16H31N3. The van der Waals surface area contributed by atoms with Crippen molar-refractivity contribution < 1.29 is 0 Å². The lowest BCUT2D eigenvalue weighted by Crippen LogP contribution is -2.51. The zero-order chi connectivity index (χ0) is 13.1. The molecule has 3 heteroatoms. The Balaban J connectivity index is 1.40. The van der Waals surface area contributed by atoms with Crippen molar-refractivity contribution in [3.63, 3.8) is 0 Å². The minimum Gasteiger partial charge on any atom is -0.311 e. The Hall–Kier alpha value is -0.120. The van der Waals surface area contributed by atoms with Crippen molar-refractivity contribution in [2.45, 2.75) is 70.0 Å². The van der Waals surface area contributed by atoms with Gasteiger partial charge in [-0.05, 0) is 77.7 Å². The standard InChI is InChI=1S/C16H31N3/c1-2-8-18-10-5-14(6-11-18)17-15-7-12-19-9-3-4-16(19)13-15/h14-17H,2-13H2,1H3/t15-,16-/m1/s1.